The van der Waals surface area contributed by atoms with Crippen LogP contribution < -0.4 is 0 Å². The van der Waals surface area contributed by atoms with Crippen molar-refractivity contribution in [2.75, 3.05) is 13.1 Å². The normalized spacial score (nSPS) is 35.1. The molecule has 0 aromatic rings. The van der Waals surface area contributed by atoms with Crippen LogP contribution >= 0.6 is 0 Å². The Bertz CT molecular complexity index is 275. The van der Waals surface area contributed by atoms with E-state index in [0.717, 1.165) is 25.9 Å². The Hall–Kier alpha value is -0.570. The molecule has 3 nitrogen and oxygen atoms in total. The van der Waals surface area contributed by atoms with Crippen LogP contribution in [0.5, 0.6) is 0 Å². The maximum atomic E-state index is 11.0. The molecule has 1 saturated carbocycles. The van der Waals surface area contributed by atoms with E-state index in [9.17, 15) is 4.79 Å². The number of hydrogen-bond donors (Lipinski definition) is 1. The SMILES string of the molecule is CC1(C)CCCC1N1CCCC(C(=O)O)C1. The smallest absolute Gasteiger partial charge is 0.307 e. The number of piperidine rings is 1. The van der Waals surface area contributed by atoms with E-state index >= 15 is 0 Å². The Morgan fingerprint density at radius 1 is 1.31 bits per heavy atom. The van der Waals surface area contributed by atoms with Crippen LogP contribution in [0.25, 0.3) is 0 Å². The number of nitrogens with zero attached hydrogens (tertiary/aromatic N) is 1. The largest absolute Gasteiger partial charge is 0.481 e. The van der Waals surface area contributed by atoms with E-state index in [2.05, 4.69) is 18.7 Å². The summed E-state index contributed by atoms with van der Waals surface area (Å²) in [5.41, 5.74) is 0.375. The summed E-state index contributed by atoms with van der Waals surface area (Å²) >= 11 is 0. The highest BCUT2D eigenvalue weighted by molar-refractivity contribution is 5.70. The van der Waals surface area contributed by atoms with Crippen molar-refractivity contribution in [3.63, 3.8) is 0 Å². The number of likely N-dealkylation sites (tertiary alicyclic amines) is 1. The van der Waals surface area contributed by atoms with Gasteiger partial charge in [0.25, 0.3) is 0 Å². The van der Waals surface area contributed by atoms with Gasteiger partial charge in [-0.2, -0.15) is 0 Å². The lowest BCUT2D eigenvalue weighted by atomic mass is 9.84. The van der Waals surface area contributed by atoms with E-state index < -0.39 is 5.97 Å². The molecule has 0 amide bonds. The average Bonchev–Trinajstić information content (AvgIpc) is 2.58. The fraction of sp³-hybridized carbons (Fsp3) is 0.923. The highest BCUT2D eigenvalue weighted by Crippen LogP contribution is 2.41. The van der Waals surface area contributed by atoms with Gasteiger partial charge in [0.2, 0.25) is 0 Å². The second-order valence-corrected chi connectivity index (χ2v) is 6.07. The second kappa shape index (κ2) is 4.36. The number of carboxylic acid groups (broad SMARTS) is 1. The summed E-state index contributed by atoms with van der Waals surface area (Å²) in [7, 11) is 0. The Kier molecular flexibility index (Phi) is 3.24. The van der Waals surface area contributed by atoms with Crippen molar-refractivity contribution in [1.82, 2.24) is 4.90 Å². The van der Waals surface area contributed by atoms with Crippen LogP contribution in [0.1, 0.15) is 46.0 Å². The predicted molar refractivity (Wildman–Crippen MR) is 63.4 cm³/mol. The number of carboxylic acids is 1. The van der Waals surface area contributed by atoms with Crippen molar-refractivity contribution in [1.29, 1.82) is 0 Å². The van der Waals surface area contributed by atoms with Crippen molar-refractivity contribution in [2.45, 2.75) is 52.0 Å². The maximum absolute atomic E-state index is 11.0. The molecule has 0 aromatic carbocycles. The van der Waals surface area contributed by atoms with Crippen molar-refractivity contribution >= 4 is 5.97 Å². The number of hydrogen-bond acceptors (Lipinski definition) is 2. The molecule has 0 aromatic heterocycles. The van der Waals surface area contributed by atoms with Crippen LogP contribution in [0.3, 0.4) is 0 Å². The van der Waals surface area contributed by atoms with E-state index in [1.54, 1.807) is 0 Å². The van der Waals surface area contributed by atoms with Crippen LogP contribution in [0.4, 0.5) is 0 Å². The second-order valence-electron chi connectivity index (χ2n) is 6.07. The minimum Gasteiger partial charge on any atom is -0.481 e. The highest BCUT2D eigenvalue weighted by atomic mass is 16.4. The van der Waals surface area contributed by atoms with Crippen molar-refractivity contribution in [2.24, 2.45) is 11.3 Å². The summed E-state index contributed by atoms with van der Waals surface area (Å²) in [6, 6.07) is 0.606. The van der Waals surface area contributed by atoms with Gasteiger partial charge in [-0.05, 0) is 37.6 Å². The molecule has 1 heterocycles. The Morgan fingerprint density at radius 2 is 2.06 bits per heavy atom. The van der Waals surface area contributed by atoms with Crippen molar-refractivity contribution in [3.8, 4) is 0 Å². The molecule has 0 bridgehead atoms. The first-order valence-corrected chi connectivity index (χ1v) is 6.47. The lowest BCUT2D eigenvalue weighted by molar-refractivity contribution is -0.144. The van der Waals surface area contributed by atoms with E-state index in [0.29, 0.717) is 11.5 Å². The van der Waals surface area contributed by atoms with Gasteiger partial charge in [-0.25, -0.2) is 0 Å². The summed E-state index contributed by atoms with van der Waals surface area (Å²) in [5.74, 6) is -0.745. The van der Waals surface area contributed by atoms with Crippen molar-refractivity contribution in [3.05, 3.63) is 0 Å². The van der Waals surface area contributed by atoms with Gasteiger partial charge in [-0.3, -0.25) is 9.69 Å². The van der Waals surface area contributed by atoms with E-state index in [1.807, 2.05) is 0 Å². The van der Waals surface area contributed by atoms with Gasteiger partial charge in [0.1, 0.15) is 0 Å². The summed E-state index contributed by atoms with van der Waals surface area (Å²) in [5, 5.41) is 9.10. The fourth-order valence-electron chi connectivity index (χ4n) is 3.48. The molecule has 92 valence electrons. The molecule has 2 fully saturated rings. The lowest BCUT2D eigenvalue weighted by Crippen LogP contribution is -2.48. The Morgan fingerprint density at radius 3 is 2.62 bits per heavy atom. The predicted octanol–water partition coefficient (Wildman–Crippen LogP) is 2.36. The van der Waals surface area contributed by atoms with Gasteiger partial charge in [0.05, 0.1) is 5.92 Å². The molecular formula is C13H23NO2. The van der Waals surface area contributed by atoms with Crippen LogP contribution in [-0.2, 0) is 4.79 Å². The highest BCUT2D eigenvalue weighted by Gasteiger charge is 2.40. The van der Waals surface area contributed by atoms with Crippen LogP contribution in [0, 0.1) is 11.3 Å². The number of aliphatic carboxylic acids is 1. The summed E-state index contributed by atoms with van der Waals surface area (Å²) in [6.45, 7) is 6.52. The lowest BCUT2D eigenvalue weighted by Gasteiger charge is -2.41. The molecule has 2 rings (SSSR count). The van der Waals surface area contributed by atoms with Gasteiger partial charge >= 0.3 is 5.97 Å². The zero-order chi connectivity index (χ0) is 11.8. The summed E-state index contributed by atoms with van der Waals surface area (Å²) in [4.78, 5) is 13.5. The van der Waals surface area contributed by atoms with Crippen molar-refractivity contribution < 1.29 is 9.90 Å². The third kappa shape index (κ3) is 2.24. The molecule has 0 spiro atoms. The third-order valence-corrected chi connectivity index (χ3v) is 4.44. The molecule has 2 aliphatic rings. The Labute approximate surface area is 97.8 Å². The average molecular weight is 225 g/mol. The molecular weight excluding hydrogens is 202 g/mol. The standard InChI is InChI=1S/C13H23NO2/c1-13(2)7-3-6-11(13)14-8-4-5-10(9-14)12(15)16/h10-11H,3-9H2,1-2H3,(H,15,16). The molecule has 1 saturated heterocycles. The first-order valence-electron chi connectivity index (χ1n) is 6.47. The fourth-order valence-corrected chi connectivity index (χ4v) is 3.48. The summed E-state index contributed by atoms with van der Waals surface area (Å²) < 4.78 is 0. The van der Waals surface area contributed by atoms with Crippen LogP contribution in [0.2, 0.25) is 0 Å². The molecule has 16 heavy (non-hydrogen) atoms. The molecule has 2 unspecified atom stereocenters. The molecule has 2 atom stereocenters. The zero-order valence-electron chi connectivity index (χ0n) is 10.4. The first kappa shape index (κ1) is 11.9. The van der Waals surface area contributed by atoms with Gasteiger partial charge < -0.3 is 5.11 Å². The van der Waals surface area contributed by atoms with Gasteiger partial charge in [-0.1, -0.05) is 20.3 Å². The third-order valence-electron chi connectivity index (χ3n) is 4.44. The first-order chi connectivity index (χ1) is 7.50. The van der Waals surface area contributed by atoms with Gasteiger partial charge in [0.15, 0.2) is 0 Å². The minimum absolute atomic E-state index is 0.134. The van der Waals surface area contributed by atoms with E-state index in [4.69, 9.17) is 5.11 Å². The quantitative estimate of drug-likeness (QED) is 0.784. The molecule has 1 aliphatic heterocycles. The topological polar surface area (TPSA) is 40.5 Å². The van der Waals surface area contributed by atoms with E-state index in [-0.39, 0.29) is 5.92 Å². The molecule has 3 heteroatoms. The van der Waals surface area contributed by atoms with E-state index in [1.165, 1.54) is 19.3 Å². The monoisotopic (exact) mass is 225 g/mol. The van der Waals surface area contributed by atoms with Crippen LogP contribution in [0.15, 0.2) is 0 Å². The van der Waals surface area contributed by atoms with Gasteiger partial charge in [-0.15, -0.1) is 0 Å². The number of rotatable bonds is 2. The Balaban J connectivity index is 2.01. The molecule has 1 N–H and O–H groups in total. The molecule has 0 radical (unpaired) electrons. The minimum atomic E-state index is -0.611. The molecule has 1 aliphatic carbocycles. The maximum Gasteiger partial charge on any atom is 0.307 e. The van der Waals surface area contributed by atoms with Gasteiger partial charge in [0, 0.05) is 12.6 Å². The zero-order valence-corrected chi connectivity index (χ0v) is 10.4. The summed E-state index contributed by atoms with van der Waals surface area (Å²) in [6.07, 6.45) is 5.74. The number of carbonyl (C=O) groups is 1. The van der Waals surface area contributed by atoms with Crippen LogP contribution in [-0.4, -0.2) is 35.1 Å².